The largest absolute Gasteiger partial charge is 0.351 e. The summed E-state index contributed by atoms with van der Waals surface area (Å²) in [5.74, 6) is -0.139. The molecule has 0 fully saturated rings. The van der Waals surface area contributed by atoms with Gasteiger partial charge in [0.15, 0.2) is 6.29 Å². The minimum atomic E-state index is -0.639. The number of ketones is 1. The van der Waals surface area contributed by atoms with Gasteiger partial charge in [0, 0.05) is 27.8 Å². The molecular formula is C13H7BrClN3O2. The summed E-state index contributed by atoms with van der Waals surface area (Å²) in [5.41, 5.74) is 1.42. The highest BCUT2D eigenvalue weighted by atomic mass is 79.9. The first-order chi connectivity index (χ1) is 9.61. The number of nitrogens with zero attached hydrogens (tertiary/aromatic N) is 1. The van der Waals surface area contributed by atoms with Crippen molar-refractivity contribution in [3.8, 4) is 11.4 Å². The number of fused-ring (bicyclic) bond motifs is 1. The van der Waals surface area contributed by atoms with Crippen LogP contribution in [0.1, 0.15) is 10.5 Å². The molecule has 0 saturated heterocycles. The van der Waals surface area contributed by atoms with Gasteiger partial charge >= 0.3 is 0 Å². The zero-order valence-corrected chi connectivity index (χ0v) is 12.2. The predicted octanol–water partition coefficient (Wildman–Crippen LogP) is 3.36. The lowest BCUT2D eigenvalue weighted by Crippen LogP contribution is -2.02. The van der Waals surface area contributed by atoms with Crippen LogP contribution in [0.4, 0.5) is 0 Å². The Labute approximate surface area is 126 Å². The second kappa shape index (κ2) is 4.88. The number of carbonyl (C=O) groups excluding carboxylic acids is 2. The minimum Gasteiger partial charge on any atom is -0.351 e. The van der Waals surface area contributed by atoms with Crippen molar-refractivity contribution in [1.29, 1.82) is 0 Å². The normalized spacial score (nSPS) is 10.9. The van der Waals surface area contributed by atoms with E-state index in [4.69, 9.17) is 11.6 Å². The summed E-state index contributed by atoms with van der Waals surface area (Å²) < 4.78 is 0.698. The SMILES string of the molecule is O=CC(=O)c1[nH]c2cc(Br)c(Cl)cc2c1-c1ncc[nH]1. The van der Waals surface area contributed by atoms with E-state index in [-0.39, 0.29) is 12.0 Å². The van der Waals surface area contributed by atoms with E-state index >= 15 is 0 Å². The first-order valence-corrected chi connectivity index (χ1v) is 6.79. The van der Waals surface area contributed by atoms with Gasteiger partial charge in [-0.25, -0.2) is 4.98 Å². The first kappa shape index (κ1) is 13.1. The predicted molar refractivity (Wildman–Crippen MR) is 79.0 cm³/mol. The van der Waals surface area contributed by atoms with Crippen LogP contribution >= 0.6 is 27.5 Å². The molecule has 20 heavy (non-hydrogen) atoms. The van der Waals surface area contributed by atoms with Gasteiger partial charge in [-0.2, -0.15) is 0 Å². The van der Waals surface area contributed by atoms with E-state index in [9.17, 15) is 9.59 Å². The van der Waals surface area contributed by atoms with Crippen LogP contribution in [-0.2, 0) is 4.79 Å². The highest BCUT2D eigenvalue weighted by Gasteiger charge is 2.21. The molecule has 0 aliphatic heterocycles. The third kappa shape index (κ3) is 1.97. The number of H-pyrrole nitrogens is 2. The molecule has 0 unspecified atom stereocenters. The zero-order chi connectivity index (χ0) is 14.3. The summed E-state index contributed by atoms with van der Waals surface area (Å²) in [6, 6.07) is 3.47. The Hall–Kier alpha value is -1.92. The zero-order valence-electron chi connectivity index (χ0n) is 9.91. The van der Waals surface area contributed by atoms with Crippen molar-refractivity contribution >= 4 is 50.5 Å². The fraction of sp³-hybridized carbons (Fsp3) is 0. The van der Waals surface area contributed by atoms with Crippen LogP contribution in [0.2, 0.25) is 5.02 Å². The molecule has 3 aromatic rings. The molecule has 0 bridgehead atoms. The van der Waals surface area contributed by atoms with Gasteiger partial charge in [0.1, 0.15) is 11.5 Å². The van der Waals surface area contributed by atoms with E-state index in [1.807, 2.05) is 0 Å². The van der Waals surface area contributed by atoms with Crippen molar-refractivity contribution in [2.75, 3.05) is 0 Å². The van der Waals surface area contributed by atoms with Crippen LogP contribution < -0.4 is 0 Å². The van der Waals surface area contributed by atoms with Crippen molar-refractivity contribution in [1.82, 2.24) is 15.0 Å². The summed E-state index contributed by atoms with van der Waals surface area (Å²) in [5, 5.41) is 1.23. The highest BCUT2D eigenvalue weighted by Crippen LogP contribution is 2.35. The lowest BCUT2D eigenvalue weighted by molar-refractivity contribution is -0.104. The molecule has 0 saturated carbocycles. The number of Topliss-reactive ketones (excluding diaryl/α,β-unsaturated/α-hetero) is 1. The lowest BCUT2D eigenvalue weighted by atomic mass is 10.1. The molecule has 100 valence electrons. The number of rotatable bonds is 3. The van der Waals surface area contributed by atoms with Crippen LogP contribution in [0.15, 0.2) is 29.0 Å². The fourth-order valence-corrected chi connectivity index (χ4v) is 2.59. The number of halogens is 2. The van der Waals surface area contributed by atoms with E-state index in [0.717, 1.165) is 5.39 Å². The Morgan fingerprint density at radius 2 is 2.20 bits per heavy atom. The standard InChI is InChI=1S/C13H7BrClN3O2/c14-7-4-9-6(3-8(7)15)11(13-16-1-2-17-13)12(18-9)10(20)5-19/h1-5,18H,(H,16,17). The molecular weight excluding hydrogens is 346 g/mol. The Bertz CT molecular complexity index is 824. The topological polar surface area (TPSA) is 78.6 Å². The maximum absolute atomic E-state index is 11.8. The second-order valence-electron chi connectivity index (χ2n) is 4.11. The molecule has 7 heteroatoms. The van der Waals surface area contributed by atoms with E-state index in [1.54, 1.807) is 24.5 Å². The summed E-state index contributed by atoms with van der Waals surface area (Å²) >= 11 is 9.42. The number of imidazole rings is 1. The van der Waals surface area contributed by atoms with Crippen molar-refractivity contribution in [3.63, 3.8) is 0 Å². The molecule has 2 aromatic heterocycles. The van der Waals surface area contributed by atoms with Crippen molar-refractivity contribution < 1.29 is 9.59 Å². The van der Waals surface area contributed by atoms with Crippen LogP contribution in [-0.4, -0.2) is 27.0 Å². The van der Waals surface area contributed by atoms with Crippen molar-refractivity contribution in [3.05, 3.63) is 39.7 Å². The summed E-state index contributed by atoms with van der Waals surface area (Å²) in [6.07, 6.45) is 3.49. The summed E-state index contributed by atoms with van der Waals surface area (Å²) in [7, 11) is 0. The maximum Gasteiger partial charge on any atom is 0.242 e. The molecule has 2 N–H and O–H groups in total. The highest BCUT2D eigenvalue weighted by molar-refractivity contribution is 9.10. The van der Waals surface area contributed by atoms with Crippen molar-refractivity contribution in [2.45, 2.75) is 0 Å². The first-order valence-electron chi connectivity index (χ1n) is 5.61. The lowest BCUT2D eigenvalue weighted by Gasteiger charge is -1.99. The van der Waals surface area contributed by atoms with Gasteiger partial charge in [0.05, 0.1) is 10.6 Å². The number of aromatic amines is 2. The third-order valence-corrected chi connectivity index (χ3v) is 4.12. The van der Waals surface area contributed by atoms with E-state index in [1.165, 1.54) is 0 Å². The molecule has 0 atom stereocenters. The van der Waals surface area contributed by atoms with Gasteiger partial charge in [0.2, 0.25) is 5.78 Å². The number of nitrogens with one attached hydrogen (secondary N) is 2. The quantitative estimate of drug-likeness (QED) is 0.431. The molecule has 0 aliphatic carbocycles. The van der Waals surface area contributed by atoms with Crippen molar-refractivity contribution in [2.24, 2.45) is 0 Å². The monoisotopic (exact) mass is 351 g/mol. The smallest absolute Gasteiger partial charge is 0.242 e. The van der Waals surface area contributed by atoms with Gasteiger partial charge in [-0.15, -0.1) is 0 Å². The second-order valence-corrected chi connectivity index (χ2v) is 5.37. The minimum absolute atomic E-state index is 0.194. The molecule has 0 amide bonds. The average molecular weight is 353 g/mol. The Balaban J connectivity index is 2.41. The van der Waals surface area contributed by atoms with Gasteiger partial charge in [-0.1, -0.05) is 11.6 Å². The maximum atomic E-state index is 11.8. The summed E-state index contributed by atoms with van der Waals surface area (Å²) in [4.78, 5) is 32.6. The number of aromatic nitrogens is 3. The fourth-order valence-electron chi connectivity index (χ4n) is 2.08. The molecule has 3 rings (SSSR count). The third-order valence-electron chi connectivity index (χ3n) is 2.93. The number of carbonyl (C=O) groups is 2. The van der Waals surface area contributed by atoms with Crippen LogP contribution in [0.3, 0.4) is 0 Å². The van der Waals surface area contributed by atoms with Gasteiger partial charge in [0.25, 0.3) is 0 Å². The Kier molecular flexibility index (Phi) is 3.19. The Morgan fingerprint density at radius 3 is 2.85 bits per heavy atom. The number of benzene rings is 1. The average Bonchev–Trinajstić information content (AvgIpc) is 3.05. The molecule has 1 aromatic carbocycles. The number of hydrogen-bond acceptors (Lipinski definition) is 3. The molecule has 5 nitrogen and oxygen atoms in total. The summed E-state index contributed by atoms with van der Waals surface area (Å²) in [6.45, 7) is 0. The van der Waals surface area contributed by atoms with Gasteiger partial charge < -0.3 is 9.97 Å². The molecule has 2 heterocycles. The van der Waals surface area contributed by atoms with Crippen LogP contribution in [0, 0.1) is 0 Å². The van der Waals surface area contributed by atoms with Gasteiger partial charge in [-0.05, 0) is 28.1 Å². The van der Waals surface area contributed by atoms with Crippen LogP contribution in [0.5, 0.6) is 0 Å². The van der Waals surface area contributed by atoms with E-state index < -0.39 is 5.78 Å². The molecule has 0 radical (unpaired) electrons. The van der Waals surface area contributed by atoms with E-state index in [2.05, 4.69) is 30.9 Å². The van der Waals surface area contributed by atoms with Gasteiger partial charge in [-0.3, -0.25) is 9.59 Å². The van der Waals surface area contributed by atoms with E-state index in [0.29, 0.717) is 26.4 Å². The molecule has 0 spiro atoms. The molecule has 0 aliphatic rings. The number of hydrogen-bond donors (Lipinski definition) is 2. The van der Waals surface area contributed by atoms with Crippen LogP contribution in [0.25, 0.3) is 22.3 Å². The number of aldehydes is 1. The Morgan fingerprint density at radius 1 is 1.40 bits per heavy atom.